The number of rotatable bonds is 8. The Balaban J connectivity index is 2.10. The van der Waals surface area contributed by atoms with E-state index in [1.54, 1.807) is 14.2 Å². The summed E-state index contributed by atoms with van der Waals surface area (Å²) < 4.78 is 10.6. The van der Waals surface area contributed by atoms with Gasteiger partial charge in [-0.1, -0.05) is 36.4 Å². The van der Waals surface area contributed by atoms with E-state index in [0.717, 1.165) is 30.2 Å². The number of ether oxygens (including phenoxy) is 2. The summed E-state index contributed by atoms with van der Waals surface area (Å²) in [6.07, 6.45) is 0. The van der Waals surface area contributed by atoms with Crippen molar-refractivity contribution in [1.82, 2.24) is 4.90 Å². The molecule has 0 unspecified atom stereocenters. The van der Waals surface area contributed by atoms with Crippen LogP contribution in [-0.2, 0) is 13.1 Å². The van der Waals surface area contributed by atoms with Gasteiger partial charge in [0.05, 0.1) is 20.8 Å². The summed E-state index contributed by atoms with van der Waals surface area (Å²) >= 11 is 0. The molecular weight excluding hydrogens is 278 g/mol. The minimum Gasteiger partial charge on any atom is -0.493 e. The van der Waals surface area contributed by atoms with Crippen LogP contribution < -0.4 is 9.47 Å². The normalized spacial score (nSPS) is 10.7. The van der Waals surface area contributed by atoms with Crippen molar-refractivity contribution in [3.8, 4) is 11.5 Å². The third-order valence-electron chi connectivity index (χ3n) is 3.52. The SMILES string of the molecule is COc1ccc(CN(CCO)Cc2ccccc2)cc1OC. The fraction of sp³-hybridized carbons (Fsp3) is 0.333. The summed E-state index contributed by atoms with van der Waals surface area (Å²) in [6, 6.07) is 16.2. The van der Waals surface area contributed by atoms with Crippen molar-refractivity contribution < 1.29 is 14.6 Å². The molecule has 0 atom stereocenters. The van der Waals surface area contributed by atoms with Gasteiger partial charge in [-0.05, 0) is 23.3 Å². The number of hydrogen-bond donors (Lipinski definition) is 1. The summed E-state index contributed by atoms with van der Waals surface area (Å²) in [7, 11) is 3.27. The zero-order valence-corrected chi connectivity index (χ0v) is 13.2. The van der Waals surface area contributed by atoms with E-state index in [1.165, 1.54) is 5.56 Å². The highest BCUT2D eigenvalue weighted by Gasteiger charge is 2.09. The minimum absolute atomic E-state index is 0.139. The van der Waals surface area contributed by atoms with E-state index >= 15 is 0 Å². The van der Waals surface area contributed by atoms with Crippen molar-refractivity contribution in [2.75, 3.05) is 27.4 Å². The van der Waals surface area contributed by atoms with E-state index in [-0.39, 0.29) is 6.61 Å². The molecule has 0 aliphatic heterocycles. The van der Waals surface area contributed by atoms with E-state index in [4.69, 9.17) is 9.47 Å². The highest BCUT2D eigenvalue weighted by molar-refractivity contribution is 5.42. The van der Waals surface area contributed by atoms with Crippen molar-refractivity contribution in [3.05, 3.63) is 59.7 Å². The summed E-state index contributed by atoms with van der Waals surface area (Å²) in [4.78, 5) is 2.20. The molecule has 4 nitrogen and oxygen atoms in total. The molecule has 1 N–H and O–H groups in total. The van der Waals surface area contributed by atoms with E-state index < -0.39 is 0 Å². The molecule has 4 heteroatoms. The van der Waals surface area contributed by atoms with E-state index in [0.29, 0.717) is 6.54 Å². The van der Waals surface area contributed by atoms with Crippen LogP contribution in [0.15, 0.2) is 48.5 Å². The Morgan fingerprint density at radius 3 is 2.18 bits per heavy atom. The van der Waals surface area contributed by atoms with Gasteiger partial charge in [0.1, 0.15) is 0 Å². The lowest BCUT2D eigenvalue weighted by atomic mass is 10.1. The van der Waals surface area contributed by atoms with Gasteiger partial charge >= 0.3 is 0 Å². The van der Waals surface area contributed by atoms with Crippen molar-refractivity contribution in [3.63, 3.8) is 0 Å². The van der Waals surface area contributed by atoms with Crippen LogP contribution in [0.4, 0.5) is 0 Å². The largest absolute Gasteiger partial charge is 0.493 e. The van der Waals surface area contributed by atoms with Crippen LogP contribution in [0.25, 0.3) is 0 Å². The summed E-state index contributed by atoms with van der Waals surface area (Å²) in [6.45, 7) is 2.31. The zero-order valence-electron chi connectivity index (χ0n) is 13.2. The maximum absolute atomic E-state index is 9.29. The van der Waals surface area contributed by atoms with E-state index in [2.05, 4.69) is 17.0 Å². The van der Waals surface area contributed by atoms with Crippen molar-refractivity contribution in [2.45, 2.75) is 13.1 Å². The first-order valence-corrected chi connectivity index (χ1v) is 7.35. The van der Waals surface area contributed by atoms with Gasteiger partial charge in [-0.3, -0.25) is 4.90 Å². The first-order valence-electron chi connectivity index (χ1n) is 7.35. The molecule has 0 heterocycles. The van der Waals surface area contributed by atoms with Crippen LogP contribution in [0, 0.1) is 0 Å². The highest BCUT2D eigenvalue weighted by Crippen LogP contribution is 2.28. The lowest BCUT2D eigenvalue weighted by molar-refractivity contribution is 0.184. The van der Waals surface area contributed by atoms with Crippen LogP contribution >= 0.6 is 0 Å². The Labute approximate surface area is 131 Å². The van der Waals surface area contributed by atoms with Crippen LogP contribution in [0.3, 0.4) is 0 Å². The molecular formula is C18H23NO3. The fourth-order valence-electron chi connectivity index (χ4n) is 2.43. The molecule has 2 aromatic rings. The molecule has 118 valence electrons. The average molecular weight is 301 g/mol. The Morgan fingerprint density at radius 2 is 1.55 bits per heavy atom. The topological polar surface area (TPSA) is 41.9 Å². The lowest BCUT2D eigenvalue weighted by Gasteiger charge is -2.22. The predicted octanol–water partition coefficient (Wildman–Crippen LogP) is 2.70. The smallest absolute Gasteiger partial charge is 0.161 e. The van der Waals surface area contributed by atoms with Crippen molar-refractivity contribution in [1.29, 1.82) is 0 Å². The third-order valence-corrected chi connectivity index (χ3v) is 3.52. The third kappa shape index (κ3) is 4.48. The van der Waals surface area contributed by atoms with E-state index in [9.17, 15) is 5.11 Å². The van der Waals surface area contributed by atoms with E-state index in [1.807, 2.05) is 36.4 Å². The maximum Gasteiger partial charge on any atom is 0.161 e. The standard InChI is InChI=1S/C18H23NO3/c1-21-17-9-8-16(12-18(17)22-2)14-19(10-11-20)13-15-6-4-3-5-7-15/h3-9,12,20H,10-11,13-14H2,1-2H3. The molecule has 22 heavy (non-hydrogen) atoms. The Morgan fingerprint density at radius 1 is 0.864 bits per heavy atom. The number of aliphatic hydroxyl groups excluding tert-OH is 1. The number of hydrogen-bond acceptors (Lipinski definition) is 4. The molecule has 0 aliphatic rings. The molecule has 2 aromatic carbocycles. The molecule has 0 saturated carbocycles. The Hall–Kier alpha value is -2.04. The molecule has 0 amide bonds. The summed E-state index contributed by atoms with van der Waals surface area (Å²) in [5, 5.41) is 9.29. The average Bonchev–Trinajstić information content (AvgIpc) is 2.56. The predicted molar refractivity (Wildman–Crippen MR) is 87.2 cm³/mol. The first kappa shape index (κ1) is 16.3. The maximum atomic E-state index is 9.29. The first-order chi connectivity index (χ1) is 10.8. The van der Waals surface area contributed by atoms with Gasteiger partial charge in [0, 0.05) is 19.6 Å². The molecule has 0 aliphatic carbocycles. The van der Waals surface area contributed by atoms with Gasteiger partial charge in [-0.25, -0.2) is 0 Å². The Kier molecular flexibility index (Phi) is 6.25. The van der Waals surface area contributed by atoms with Crippen LogP contribution in [0.5, 0.6) is 11.5 Å². The molecule has 0 aromatic heterocycles. The van der Waals surface area contributed by atoms with Crippen LogP contribution in [0.1, 0.15) is 11.1 Å². The fourth-order valence-corrected chi connectivity index (χ4v) is 2.43. The highest BCUT2D eigenvalue weighted by atomic mass is 16.5. The van der Waals surface area contributed by atoms with Gasteiger partial charge in [-0.15, -0.1) is 0 Å². The second-order valence-electron chi connectivity index (χ2n) is 5.11. The zero-order chi connectivity index (χ0) is 15.8. The quantitative estimate of drug-likeness (QED) is 0.814. The molecule has 0 radical (unpaired) electrons. The Bertz CT molecular complexity index is 572. The van der Waals surface area contributed by atoms with Crippen LogP contribution in [-0.4, -0.2) is 37.4 Å². The number of aliphatic hydroxyl groups is 1. The van der Waals surface area contributed by atoms with Crippen LogP contribution in [0.2, 0.25) is 0 Å². The van der Waals surface area contributed by atoms with Gasteiger partial charge in [0.25, 0.3) is 0 Å². The summed E-state index contributed by atoms with van der Waals surface area (Å²) in [5.74, 6) is 1.45. The summed E-state index contributed by atoms with van der Waals surface area (Å²) in [5.41, 5.74) is 2.36. The molecule has 0 fully saturated rings. The number of methoxy groups -OCH3 is 2. The molecule has 0 saturated heterocycles. The molecule has 0 spiro atoms. The van der Waals surface area contributed by atoms with Crippen molar-refractivity contribution in [2.24, 2.45) is 0 Å². The molecule has 2 rings (SSSR count). The van der Waals surface area contributed by atoms with Gasteiger partial charge in [-0.2, -0.15) is 0 Å². The second kappa shape index (κ2) is 8.41. The lowest BCUT2D eigenvalue weighted by Crippen LogP contribution is -2.26. The monoisotopic (exact) mass is 301 g/mol. The van der Waals surface area contributed by atoms with Crippen molar-refractivity contribution >= 4 is 0 Å². The second-order valence-corrected chi connectivity index (χ2v) is 5.11. The minimum atomic E-state index is 0.139. The number of benzene rings is 2. The molecule has 0 bridgehead atoms. The number of nitrogens with zero attached hydrogens (tertiary/aromatic N) is 1. The van der Waals surface area contributed by atoms with Gasteiger partial charge < -0.3 is 14.6 Å². The van der Waals surface area contributed by atoms with Gasteiger partial charge in [0.15, 0.2) is 11.5 Å². The van der Waals surface area contributed by atoms with Gasteiger partial charge in [0.2, 0.25) is 0 Å².